The molecule has 34 heteroatoms. The van der Waals surface area contributed by atoms with Gasteiger partial charge in [-0.2, -0.15) is 0 Å². The number of fused-ring (bicyclic) bond motifs is 1. The molecule has 1 aliphatic heterocycles. The van der Waals surface area contributed by atoms with Gasteiger partial charge in [0.25, 0.3) is 6.47 Å². The fourth-order valence-corrected chi connectivity index (χ4v) is 16.7. The van der Waals surface area contributed by atoms with Gasteiger partial charge in [-0.1, -0.05) is 174 Å². The number of primary amides is 1. The van der Waals surface area contributed by atoms with Crippen LogP contribution in [-0.4, -0.2) is 255 Å². The van der Waals surface area contributed by atoms with Crippen molar-refractivity contribution in [1.29, 1.82) is 0 Å². The zero-order chi connectivity index (χ0) is 95.0. The van der Waals surface area contributed by atoms with Crippen LogP contribution < -0.4 is 37.6 Å². The first-order valence-corrected chi connectivity index (χ1v) is 45.0. The lowest BCUT2D eigenvalue weighted by Crippen LogP contribution is -2.59. The van der Waals surface area contributed by atoms with Gasteiger partial charge in [-0.15, -0.1) is 11.8 Å². The molecule has 0 unspecified atom stereocenters. The Balaban J connectivity index is 1.21. The summed E-state index contributed by atoms with van der Waals surface area (Å²) in [5.41, 5.74) is 9.22. The van der Waals surface area contributed by atoms with Gasteiger partial charge in [0, 0.05) is 133 Å². The molecule has 0 bridgehead atoms. The van der Waals surface area contributed by atoms with Gasteiger partial charge in [0.2, 0.25) is 70.9 Å². The highest BCUT2D eigenvalue weighted by atomic mass is 35.5. The van der Waals surface area contributed by atoms with Crippen LogP contribution in [0.2, 0.25) is 5.02 Å². The number of H-pyrrole nitrogens is 1. The standard InChI is InChI=1S/C96H120ClN13O19S/c1-11-12-30-80-95(127)106(6)52-70(114)48-66(54-129-57-111)84(116)50-72(59(4)5)92(124)109(9)81(46-60-22-15-13-16-23-60)91(123)104-77(44-63-33-37-69(113)38-34-63)93(125)107(7)53-86(118)100-76(49-65-51-99-73-29-20-19-28-71(65)73)90(122)103-75(43-62-31-35-68(112)36-32-62)89(121)102-74(41-58(2)3)88(120)105-79(83(115)39-40-85(98)117)55-130-56-87(119)101-78(45-64-26-21-27-67(97)42-64)94(126)110(10)82(96(128)108(80)8)47-61-24-17-14-18-25-61/h13-29,31-38,42,51,57-59,66,72,74-82,99,112-113H,11-12,30,39-41,43-50,52-56H2,1-10H3,(H2,98,117)(H,100,118)(H,101,119)(H,102,121)(H,103,122)(H,104,123)(H,105,120)/t66-,72-,74-,75-,76-,77-,78-,79-,80-,81-,82-/m0/s1. The molecule has 0 aliphatic carbocycles. The number of ketones is 3. The summed E-state index contributed by atoms with van der Waals surface area (Å²) in [5, 5.41) is 38.5. The van der Waals surface area contributed by atoms with Gasteiger partial charge < -0.3 is 82.1 Å². The zero-order valence-electron chi connectivity index (χ0n) is 75.0. The Bertz CT molecular complexity index is 5100. The van der Waals surface area contributed by atoms with E-state index in [0.717, 1.165) is 26.5 Å². The van der Waals surface area contributed by atoms with E-state index in [4.69, 9.17) is 22.1 Å². The van der Waals surface area contributed by atoms with Crippen LogP contribution in [-0.2, 0) is 120 Å². The van der Waals surface area contributed by atoms with Crippen molar-refractivity contribution in [3.8, 4) is 11.5 Å². The number of likely N-dealkylation sites (N-methyl/N-ethyl adjacent to an activating group) is 5. The van der Waals surface area contributed by atoms with Crippen molar-refractivity contribution in [3.63, 3.8) is 0 Å². The summed E-state index contributed by atoms with van der Waals surface area (Å²) < 4.78 is 5.16. The SMILES string of the molecule is CCCC[C@H]1C(=O)N(C)CC(=O)C[C@@H](COC=O)C(=O)C[C@@H](C(C)C)C(=O)N(C)[C@@H](Cc2ccccc2)C(=O)N[C@@H](Cc2ccc(O)cc2)C(=O)N(C)CC(=O)N[C@@H](Cc2c[nH]c3ccccc23)C(=O)N[C@@H](Cc2ccc(O)cc2)C(=O)N[C@@H](CC(C)C)C(=O)N[C@H](C(=O)CCC(N)=O)CSCC(=O)N[C@@H](Cc2cccc(Cl)c2)C(=O)N(C)[C@@H](Cc2ccccc2)C(=O)N1C. The maximum Gasteiger partial charge on any atom is 0.293 e. The fraction of sp³-hybridized carbons (Fsp3) is 0.438. The Morgan fingerprint density at radius 3 is 1.63 bits per heavy atom. The lowest BCUT2D eigenvalue weighted by atomic mass is 9.84. The smallest absolute Gasteiger partial charge is 0.293 e. The highest BCUT2D eigenvalue weighted by Crippen LogP contribution is 2.28. The van der Waals surface area contributed by atoms with Crippen LogP contribution in [0.3, 0.4) is 0 Å². The number of phenolic OH excluding ortho intramolecular Hbond substituents is 2. The second kappa shape index (κ2) is 50.3. The summed E-state index contributed by atoms with van der Waals surface area (Å²) in [6, 6.07) is 29.3. The lowest BCUT2D eigenvalue weighted by Gasteiger charge is -2.37. The Morgan fingerprint density at radius 1 is 0.523 bits per heavy atom. The van der Waals surface area contributed by atoms with Crippen molar-refractivity contribution in [2.45, 2.75) is 179 Å². The number of carbonyl (C=O) groups is 16. The molecule has 2 heterocycles. The topological polar surface area (TPSA) is 453 Å². The van der Waals surface area contributed by atoms with Crippen molar-refractivity contribution < 1.29 is 91.7 Å². The molecule has 11 atom stereocenters. The first-order chi connectivity index (χ1) is 61.9. The molecule has 7 aromatic rings. The van der Waals surface area contributed by atoms with Crippen molar-refractivity contribution >= 4 is 129 Å². The number of aromatic nitrogens is 1. The molecule has 1 saturated heterocycles. The van der Waals surface area contributed by atoms with Gasteiger partial charge in [-0.3, -0.25) is 76.7 Å². The maximum absolute atomic E-state index is 15.6. The average molecular weight is 1830 g/mol. The molecule has 0 radical (unpaired) electrons. The third-order valence-corrected chi connectivity index (χ3v) is 24.2. The minimum atomic E-state index is -1.58. The molecular formula is C96H120ClN13O19S. The maximum atomic E-state index is 15.6. The molecule has 0 saturated carbocycles. The minimum Gasteiger partial charge on any atom is -0.508 e. The largest absolute Gasteiger partial charge is 0.508 e. The van der Waals surface area contributed by atoms with Crippen molar-refractivity contribution in [3.05, 3.63) is 202 Å². The predicted molar refractivity (Wildman–Crippen MR) is 490 cm³/mol. The summed E-state index contributed by atoms with van der Waals surface area (Å²) in [5.74, 6) is -16.5. The van der Waals surface area contributed by atoms with Gasteiger partial charge in [-0.05, 0) is 101 Å². The van der Waals surface area contributed by atoms with E-state index in [1.54, 1.807) is 143 Å². The number of amides is 12. The van der Waals surface area contributed by atoms with Crippen LogP contribution in [0, 0.1) is 23.7 Å². The number of aromatic hydroxyl groups is 2. The number of Topliss-reactive ketones (excluding diaryl/α,β-unsaturated/α-hetero) is 3. The quantitative estimate of drug-likeness (QED) is 0.0289. The second-order valence-electron chi connectivity index (χ2n) is 33.9. The first-order valence-electron chi connectivity index (χ1n) is 43.4. The summed E-state index contributed by atoms with van der Waals surface area (Å²) in [4.78, 5) is 244. The van der Waals surface area contributed by atoms with Gasteiger partial charge in [0.1, 0.15) is 72.2 Å². The Labute approximate surface area is 766 Å². The van der Waals surface area contributed by atoms with E-state index in [-0.39, 0.29) is 81.0 Å². The Kier molecular flexibility index (Phi) is 39.7. The number of phenols is 2. The monoisotopic (exact) mass is 1830 g/mol. The molecule has 1 fully saturated rings. The normalized spacial score (nSPS) is 22.0. The van der Waals surface area contributed by atoms with Crippen LogP contribution in [0.4, 0.5) is 0 Å². The zero-order valence-corrected chi connectivity index (χ0v) is 76.6. The summed E-state index contributed by atoms with van der Waals surface area (Å²) in [7, 11) is 6.77. The van der Waals surface area contributed by atoms with E-state index in [2.05, 4.69) is 36.9 Å². The number of carbonyl (C=O) groups excluding carboxylic acids is 16. The molecule has 1 aromatic heterocycles. The number of thioether (sulfide) groups is 1. The molecule has 6 aromatic carbocycles. The number of nitrogens with one attached hydrogen (secondary N) is 7. The van der Waals surface area contributed by atoms with Crippen molar-refractivity contribution in [1.82, 2.24) is 61.4 Å². The minimum absolute atomic E-state index is 0.0720. The van der Waals surface area contributed by atoms with E-state index in [1.807, 2.05) is 6.92 Å². The molecule has 12 amide bonds. The number of ether oxygens (including phenoxy) is 1. The molecule has 11 N–H and O–H groups in total. The summed E-state index contributed by atoms with van der Waals surface area (Å²) in [6.45, 7) is 6.83. The van der Waals surface area contributed by atoms with E-state index < -0.39 is 211 Å². The molecule has 1 aliphatic rings. The third kappa shape index (κ3) is 31.0. The highest BCUT2D eigenvalue weighted by molar-refractivity contribution is 8.00. The van der Waals surface area contributed by atoms with Crippen LogP contribution in [0.25, 0.3) is 10.9 Å². The van der Waals surface area contributed by atoms with E-state index >= 15 is 43.2 Å². The van der Waals surface area contributed by atoms with Crippen LogP contribution >= 0.6 is 23.4 Å². The lowest BCUT2D eigenvalue weighted by molar-refractivity contribution is -0.151. The predicted octanol–water partition coefficient (Wildman–Crippen LogP) is 6.09. The molecule has 8 rings (SSSR count). The number of aromatic amines is 1. The van der Waals surface area contributed by atoms with Gasteiger partial charge in [0.05, 0.1) is 30.8 Å². The number of benzene rings is 6. The number of halogens is 1. The number of unbranched alkanes of at least 4 members (excludes halogenated alkanes) is 1. The van der Waals surface area contributed by atoms with Crippen LogP contribution in [0.15, 0.2) is 164 Å². The Morgan fingerprint density at radius 2 is 1.04 bits per heavy atom. The number of nitrogens with zero attached hydrogens (tertiary/aromatic N) is 5. The van der Waals surface area contributed by atoms with E-state index in [9.17, 15) is 43.8 Å². The van der Waals surface area contributed by atoms with Gasteiger partial charge in [0.15, 0.2) is 11.6 Å². The number of para-hydroxylation sites is 1. The second-order valence-corrected chi connectivity index (χ2v) is 35.4. The summed E-state index contributed by atoms with van der Waals surface area (Å²) in [6.07, 6.45) is -0.709. The van der Waals surface area contributed by atoms with Crippen molar-refractivity contribution in [2.75, 3.05) is 66.4 Å². The molecule has 130 heavy (non-hydrogen) atoms. The highest BCUT2D eigenvalue weighted by Gasteiger charge is 2.42. The first kappa shape index (κ1) is 103. The van der Waals surface area contributed by atoms with Crippen molar-refractivity contribution in [2.24, 2.45) is 29.4 Å². The number of nitrogens with two attached hydrogens (primary N) is 1. The molecule has 32 nitrogen and oxygen atoms in total. The van der Waals surface area contributed by atoms with E-state index in [1.165, 1.54) is 93.6 Å². The third-order valence-electron chi connectivity index (χ3n) is 23.0. The van der Waals surface area contributed by atoms with E-state index in [0.29, 0.717) is 62.1 Å². The summed E-state index contributed by atoms with van der Waals surface area (Å²) >= 11 is 7.37. The fourth-order valence-electron chi connectivity index (χ4n) is 15.6. The van der Waals surface area contributed by atoms with Gasteiger partial charge in [-0.25, -0.2) is 0 Å². The number of rotatable bonds is 25. The van der Waals surface area contributed by atoms with Crippen LogP contribution in [0.1, 0.15) is 119 Å². The van der Waals surface area contributed by atoms with Gasteiger partial charge >= 0.3 is 0 Å². The number of hydrogen-bond donors (Lipinski definition) is 10. The molecule has 696 valence electrons. The molecular weight excluding hydrogens is 1710 g/mol. The Hall–Kier alpha value is -12.8. The number of hydrogen-bond acceptors (Lipinski definition) is 20. The average Bonchev–Trinajstić information content (AvgIpc) is 1.43. The molecule has 0 spiro atoms. The van der Waals surface area contributed by atoms with Crippen LogP contribution in [0.5, 0.6) is 11.5 Å².